The molecule has 0 saturated heterocycles. The van der Waals surface area contributed by atoms with Crippen LogP contribution in [0.15, 0.2) is 186 Å². The summed E-state index contributed by atoms with van der Waals surface area (Å²) in [7, 11) is 2.38. The lowest BCUT2D eigenvalue weighted by Gasteiger charge is -2.30. The van der Waals surface area contributed by atoms with Gasteiger partial charge in [0.1, 0.15) is 11.2 Å². The Balaban J connectivity index is 1.32. The molecule has 1 aliphatic heterocycles. The molecule has 1 aliphatic rings. The molecule has 11 rings (SSSR count). The minimum atomic E-state index is 0.849. The van der Waals surface area contributed by atoms with Crippen LogP contribution in [0.25, 0.3) is 60.6 Å². The number of nitrogens with one attached hydrogen (secondary N) is 1. The highest BCUT2D eigenvalue weighted by Gasteiger charge is 2.30. The van der Waals surface area contributed by atoms with Crippen molar-refractivity contribution < 1.29 is 4.42 Å². The molecule has 1 radical (unpaired) electrons. The molecule has 0 saturated carbocycles. The Morgan fingerprint density at radius 2 is 1.17 bits per heavy atom. The second-order valence-electron chi connectivity index (χ2n) is 13.6. The third-order valence-corrected chi connectivity index (χ3v) is 10.6. The number of hydrogen-bond donors (Lipinski definition) is 1. The van der Waals surface area contributed by atoms with Crippen LogP contribution in [0.3, 0.4) is 0 Å². The average molecular weight is 677 g/mol. The summed E-state index contributed by atoms with van der Waals surface area (Å²) < 4.78 is 8.96. The maximum Gasteiger partial charge on any atom is 0.197 e. The van der Waals surface area contributed by atoms with Crippen LogP contribution < -0.4 is 21.1 Å². The summed E-state index contributed by atoms with van der Waals surface area (Å²) in [6.45, 7) is 0. The fourth-order valence-corrected chi connectivity index (χ4v) is 8.29. The molecule has 2 aromatic heterocycles. The monoisotopic (exact) mass is 676 g/mol. The van der Waals surface area contributed by atoms with Crippen LogP contribution >= 0.6 is 0 Å². The van der Waals surface area contributed by atoms with E-state index in [1.807, 2.05) is 18.2 Å². The van der Waals surface area contributed by atoms with Gasteiger partial charge >= 0.3 is 0 Å². The molecule has 0 bridgehead atoms. The zero-order valence-corrected chi connectivity index (χ0v) is 28.7. The fraction of sp³-hybridized carbons (Fsp3) is 0. The van der Waals surface area contributed by atoms with E-state index in [0.29, 0.717) is 0 Å². The van der Waals surface area contributed by atoms with Gasteiger partial charge in [0.15, 0.2) is 7.28 Å². The van der Waals surface area contributed by atoms with Crippen molar-refractivity contribution in [3.63, 3.8) is 0 Å². The molecule has 8 aromatic carbocycles. The van der Waals surface area contributed by atoms with Gasteiger partial charge in [-0.15, -0.1) is 0 Å². The van der Waals surface area contributed by atoms with Crippen LogP contribution in [0.1, 0.15) is 0 Å². The number of rotatable bonds is 6. The Morgan fingerprint density at radius 1 is 0.528 bits per heavy atom. The number of hydrogen-bond acceptors (Lipinski definition) is 3. The van der Waals surface area contributed by atoms with E-state index < -0.39 is 0 Å². The predicted octanol–water partition coefficient (Wildman–Crippen LogP) is 11.5. The first-order chi connectivity index (χ1) is 26.3. The molecule has 0 unspecified atom stereocenters. The van der Waals surface area contributed by atoms with Gasteiger partial charge in [-0.2, -0.15) is 0 Å². The first-order valence-electron chi connectivity index (χ1n) is 18.0. The van der Waals surface area contributed by atoms with E-state index >= 15 is 0 Å². The third kappa shape index (κ3) is 4.64. The normalized spacial score (nSPS) is 11.9. The maximum atomic E-state index is 6.48. The zero-order chi connectivity index (χ0) is 34.9. The SMILES string of the molecule is [B]1c2ccccc2-n2c3ccccc3c3c(N(c4ccccc4)c4ccccc4)cc(-c4cc5c(cc4Nc4ccccc4)oc4ccccc45)c1c32. The van der Waals surface area contributed by atoms with Gasteiger partial charge in [0.05, 0.1) is 22.4 Å². The van der Waals surface area contributed by atoms with Crippen LogP contribution in [-0.4, -0.2) is 11.8 Å². The summed E-state index contributed by atoms with van der Waals surface area (Å²) in [6, 6.07) is 64.7. The smallest absolute Gasteiger partial charge is 0.197 e. The van der Waals surface area contributed by atoms with E-state index in [-0.39, 0.29) is 0 Å². The van der Waals surface area contributed by atoms with E-state index in [0.717, 1.165) is 61.5 Å². The van der Waals surface area contributed by atoms with Gasteiger partial charge in [0.25, 0.3) is 0 Å². The van der Waals surface area contributed by atoms with Crippen molar-refractivity contribution in [3.05, 3.63) is 182 Å². The fourth-order valence-electron chi connectivity index (χ4n) is 8.29. The molecule has 3 heterocycles. The van der Waals surface area contributed by atoms with Crippen molar-refractivity contribution in [3.8, 4) is 16.8 Å². The average Bonchev–Trinajstić information content (AvgIpc) is 3.76. The van der Waals surface area contributed by atoms with Crippen molar-refractivity contribution in [1.29, 1.82) is 0 Å². The topological polar surface area (TPSA) is 33.3 Å². The van der Waals surface area contributed by atoms with Crippen LogP contribution in [0, 0.1) is 0 Å². The second kappa shape index (κ2) is 11.8. The highest BCUT2D eigenvalue weighted by Crippen LogP contribution is 2.47. The van der Waals surface area contributed by atoms with Gasteiger partial charge in [0, 0.05) is 55.9 Å². The first kappa shape index (κ1) is 29.7. The summed E-state index contributed by atoms with van der Waals surface area (Å²) in [4.78, 5) is 2.41. The van der Waals surface area contributed by atoms with Gasteiger partial charge in [-0.3, -0.25) is 0 Å². The number of anilines is 5. The third-order valence-electron chi connectivity index (χ3n) is 10.6. The summed E-state index contributed by atoms with van der Waals surface area (Å²) in [5.41, 5.74) is 15.2. The van der Waals surface area contributed by atoms with Crippen LogP contribution in [0.4, 0.5) is 28.4 Å². The van der Waals surface area contributed by atoms with Gasteiger partial charge in [0.2, 0.25) is 0 Å². The van der Waals surface area contributed by atoms with Crippen molar-refractivity contribution in [2.75, 3.05) is 10.2 Å². The Hall–Kier alpha value is -6.98. The number of furan rings is 1. The Kier molecular flexibility index (Phi) is 6.61. The van der Waals surface area contributed by atoms with Gasteiger partial charge in [-0.1, -0.05) is 115 Å². The summed E-state index contributed by atoms with van der Waals surface area (Å²) in [6.07, 6.45) is 0. The van der Waals surface area contributed by atoms with E-state index in [4.69, 9.17) is 4.42 Å². The second-order valence-corrected chi connectivity index (χ2v) is 13.6. The summed E-state index contributed by atoms with van der Waals surface area (Å²) in [5, 5.41) is 8.42. The lowest BCUT2D eigenvalue weighted by molar-refractivity contribution is 0.669. The molecular formula is C48H31BN3O. The van der Waals surface area contributed by atoms with E-state index in [9.17, 15) is 0 Å². The van der Waals surface area contributed by atoms with Crippen molar-refractivity contribution in [2.45, 2.75) is 0 Å². The number of para-hydroxylation sites is 6. The molecule has 5 heteroatoms. The molecule has 0 fully saturated rings. The number of nitrogens with zero attached hydrogens (tertiary/aromatic N) is 2. The molecule has 4 nitrogen and oxygen atoms in total. The zero-order valence-electron chi connectivity index (χ0n) is 28.7. The highest BCUT2D eigenvalue weighted by atomic mass is 16.3. The Morgan fingerprint density at radius 3 is 1.94 bits per heavy atom. The first-order valence-corrected chi connectivity index (χ1v) is 18.0. The number of aromatic nitrogens is 1. The van der Waals surface area contributed by atoms with Crippen LogP contribution in [0.2, 0.25) is 0 Å². The minimum Gasteiger partial charge on any atom is -0.456 e. The molecule has 53 heavy (non-hydrogen) atoms. The lowest BCUT2D eigenvalue weighted by Crippen LogP contribution is -2.37. The largest absolute Gasteiger partial charge is 0.456 e. The molecule has 0 amide bonds. The summed E-state index contributed by atoms with van der Waals surface area (Å²) in [5.74, 6) is 0. The number of benzene rings is 8. The van der Waals surface area contributed by atoms with E-state index in [2.05, 4.69) is 186 Å². The van der Waals surface area contributed by atoms with Crippen LogP contribution in [0.5, 0.6) is 0 Å². The Bertz CT molecular complexity index is 2960. The molecule has 0 spiro atoms. The molecule has 0 aliphatic carbocycles. The van der Waals surface area contributed by atoms with Gasteiger partial charge < -0.3 is 19.2 Å². The van der Waals surface area contributed by atoms with Crippen molar-refractivity contribution in [1.82, 2.24) is 4.57 Å². The molecule has 10 aromatic rings. The number of fused-ring (bicyclic) bond motifs is 8. The predicted molar refractivity (Wildman–Crippen MR) is 223 cm³/mol. The summed E-state index contributed by atoms with van der Waals surface area (Å²) >= 11 is 0. The highest BCUT2D eigenvalue weighted by molar-refractivity contribution is 6.73. The van der Waals surface area contributed by atoms with Crippen molar-refractivity contribution in [2.24, 2.45) is 0 Å². The quantitative estimate of drug-likeness (QED) is 0.178. The van der Waals surface area contributed by atoms with Crippen molar-refractivity contribution >= 4 is 90.4 Å². The van der Waals surface area contributed by atoms with Gasteiger partial charge in [-0.05, 0) is 77.8 Å². The lowest BCUT2D eigenvalue weighted by atomic mass is 9.59. The minimum absolute atomic E-state index is 0.849. The van der Waals surface area contributed by atoms with E-state index in [1.54, 1.807) is 0 Å². The standard InChI is InChI=1S/C48H31BN3O/c1-4-16-31(17-5-1)50-40-30-45-37(34-22-11-15-27-44(34)53-45)28-36(40)38-29-43(51(32-18-6-2-7-19-32)33-20-8-3-9-21-33)46-35-23-10-13-25-41(35)52-42-26-14-12-24-39(42)49-47(38)48(46)52/h1-30,50H. The Labute approximate surface area is 307 Å². The molecular weight excluding hydrogens is 645 g/mol. The van der Waals surface area contributed by atoms with Crippen LogP contribution in [-0.2, 0) is 0 Å². The molecule has 0 atom stereocenters. The molecule has 247 valence electrons. The van der Waals surface area contributed by atoms with Gasteiger partial charge in [-0.25, -0.2) is 0 Å². The van der Waals surface area contributed by atoms with E-state index in [1.165, 1.54) is 38.4 Å². The molecule has 1 N–H and O–H groups in total. The maximum absolute atomic E-state index is 6.48.